The van der Waals surface area contributed by atoms with Crippen LogP contribution in [0.15, 0.2) is 24.3 Å². The van der Waals surface area contributed by atoms with Gasteiger partial charge in [-0.3, -0.25) is 15.0 Å². The Bertz CT molecular complexity index is 715. The molecule has 1 aromatic carbocycles. The quantitative estimate of drug-likeness (QED) is 0.360. The molecule has 1 aliphatic heterocycles. The Morgan fingerprint density at radius 3 is 2.25 bits per heavy atom. The molecule has 1 aromatic rings. The number of nitrogens with one attached hydrogen (secondary N) is 1. The fourth-order valence-electron chi connectivity index (χ4n) is 3.06. The fraction of sp³-hybridized carbons (Fsp3) is 0.474. The largest absolute Gasteiger partial charge is 0.548 e. The first-order valence-electron chi connectivity index (χ1n) is 8.85. The first-order chi connectivity index (χ1) is 12.8. The Hall–Kier alpha value is -2.45. The standard InChI is InChI=1S/C19H25N3O5.ClH/c1-12(10-16(23)13-2-4-14(5-3-13)18(20)21)19(26)22-8-6-15(7-9-22)27-11-17(24)25;/h2-5,12,15H,6-11H2,1H3,(H3,20,21)(H,24,25);1H/p-1. The zero-order valence-electron chi connectivity index (χ0n) is 15.7. The van der Waals surface area contributed by atoms with Gasteiger partial charge >= 0.3 is 0 Å². The van der Waals surface area contributed by atoms with E-state index in [-0.39, 0.29) is 42.5 Å². The normalized spacial score (nSPS) is 15.4. The Balaban J connectivity index is 0.00000392. The summed E-state index contributed by atoms with van der Waals surface area (Å²) < 4.78 is 5.20. The van der Waals surface area contributed by atoms with Crippen LogP contribution in [0.4, 0.5) is 0 Å². The minimum absolute atomic E-state index is 0. The number of piperidine rings is 1. The van der Waals surface area contributed by atoms with Gasteiger partial charge in [-0.15, -0.1) is 12.4 Å². The van der Waals surface area contributed by atoms with E-state index in [1.54, 1.807) is 36.1 Å². The van der Waals surface area contributed by atoms with Crippen LogP contribution in [0.25, 0.3) is 0 Å². The van der Waals surface area contributed by atoms with Crippen molar-refractivity contribution in [2.45, 2.75) is 32.3 Å². The number of Topliss-reactive ketones (excluding diaryl/α,β-unsaturated/α-hetero) is 1. The molecule has 0 aliphatic carbocycles. The highest BCUT2D eigenvalue weighted by Gasteiger charge is 2.27. The van der Waals surface area contributed by atoms with Gasteiger partial charge in [0.05, 0.1) is 18.7 Å². The molecule has 9 heteroatoms. The van der Waals surface area contributed by atoms with Crippen LogP contribution in [0.1, 0.15) is 42.1 Å². The van der Waals surface area contributed by atoms with Crippen molar-refractivity contribution in [1.82, 2.24) is 4.90 Å². The summed E-state index contributed by atoms with van der Waals surface area (Å²) in [6.45, 7) is 2.24. The molecule has 1 heterocycles. The van der Waals surface area contributed by atoms with Crippen LogP contribution in [0.5, 0.6) is 0 Å². The summed E-state index contributed by atoms with van der Waals surface area (Å²) in [6.07, 6.45) is 1.03. The van der Waals surface area contributed by atoms with Gasteiger partial charge in [-0.1, -0.05) is 31.2 Å². The van der Waals surface area contributed by atoms with E-state index in [1.807, 2.05) is 0 Å². The number of nitrogen functional groups attached to an aromatic ring is 1. The first-order valence-corrected chi connectivity index (χ1v) is 8.85. The summed E-state index contributed by atoms with van der Waals surface area (Å²) >= 11 is 0. The van der Waals surface area contributed by atoms with E-state index in [1.165, 1.54) is 0 Å². The van der Waals surface area contributed by atoms with E-state index < -0.39 is 18.5 Å². The number of nitrogens with zero attached hydrogens (tertiary/aromatic N) is 1. The van der Waals surface area contributed by atoms with Gasteiger partial charge < -0.3 is 25.3 Å². The van der Waals surface area contributed by atoms with E-state index in [0.29, 0.717) is 37.1 Å². The van der Waals surface area contributed by atoms with Crippen molar-refractivity contribution in [3.05, 3.63) is 35.4 Å². The molecule has 0 spiro atoms. The number of ether oxygens (including phenoxy) is 1. The van der Waals surface area contributed by atoms with Crippen molar-refractivity contribution in [2.24, 2.45) is 11.7 Å². The number of aliphatic carboxylic acids is 1. The summed E-state index contributed by atoms with van der Waals surface area (Å²) in [5, 5.41) is 17.8. The van der Waals surface area contributed by atoms with E-state index in [9.17, 15) is 19.5 Å². The van der Waals surface area contributed by atoms with Gasteiger partial charge in [-0.05, 0) is 12.8 Å². The molecule has 1 amide bonds. The minimum Gasteiger partial charge on any atom is -0.548 e. The first kappa shape index (κ1) is 23.6. The number of carbonyl (C=O) groups excluding carboxylic acids is 3. The maximum Gasteiger partial charge on any atom is 0.225 e. The molecule has 1 saturated heterocycles. The summed E-state index contributed by atoms with van der Waals surface area (Å²) in [4.78, 5) is 37.1. The van der Waals surface area contributed by atoms with Crippen LogP contribution in [-0.2, 0) is 14.3 Å². The van der Waals surface area contributed by atoms with Gasteiger partial charge in [0.1, 0.15) is 5.84 Å². The second-order valence-electron chi connectivity index (χ2n) is 6.73. The SMILES string of the molecule is CC(CC(=O)c1ccc(C(=N)N)cc1)C(=O)N1CCC(OCC(=O)[O-])CC1.Cl. The van der Waals surface area contributed by atoms with Gasteiger partial charge in [0, 0.05) is 36.6 Å². The van der Waals surface area contributed by atoms with Crippen molar-refractivity contribution >= 4 is 35.9 Å². The molecule has 154 valence electrons. The maximum absolute atomic E-state index is 12.6. The Morgan fingerprint density at radius 2 is 1.75 bits per heavy atom. The van der Waals surface area contributed by atoms with E-state index in [2.05, 4.69) is 0 Å². The number of hydrogen-bond acceptors (Lipinski definition) is 6. The molecule has 3 N–H and O–H groups in total. The van der Waals surface area contributed by atoms with E-state index in [0.717, 1.165) is 0 Å². The second kappa shape index (κ2) is 10.8. The van der Waals surface area contributed by atoms with Crippen LogP contribution in [0, 0.1) is 11.3 Å². The molecule has 0 aromatic heterocycles. The molecule has 0 radical (unpaired) electrons. The van der Waals surface area contributed by atoms with Gasteiger partial charge in [0.25, 0.3) is 0 Å². The number of halogens is 1. The third-order valence-corrected chi connectivity index (χ3v) is 4.62. The van der Waals surface area contributed by atoms with Crippen molar-refractivity contribution in [1.29, 1.82) is 5.41 Å². The predicted molar refractivity (Wildman–Crippen MR) is 103 cm³/mol. The van der Waals surface area contributed by atoms with Crippen LogP contribution >= 0.6 is 12.4 Å². The number of carbonyl (C=O) groups is 3. The van der Waals surface area contributed by atoms with Crippen LogP contribution in [0.3, 0.4) is 0 Å². The van der Waals surface area contributed by atoms with Gasteiger partial charge in [0.15, 0.2) is 5.78 Å². The summed E-state index contributed by atoms with van der Waals surface area (Å²) in [5.74, 6) is -2.01. The maximum atomic E-state index is 12.6. The Morgan fingerprint density at radius 1 is 1.21 bits per heavy atom. The minimum atomic E-state index is -1.25. The molecule has 1 aliphatic rings. The van der Waals surface area contributed by atoms with Gasteiger partial charge in [-0.2, -0.15) is 0 Å². The summed E-state index contributed by atoms with van der Waals surface area (Å²) in [7, 11) is 0. The third kappa shape index (κ3) is 6.61. The molecule has 2 rings (SSSR count). The summed E-state index contributed by atoms with van der Waals surface area (Å²) in [5.41, 5.74) is 6.42. The number of amides is 1. The van der Waals surface area contributed by atoms with Crippen molar-refractivity contribution < 1.29 is 24.2 Å². The zero-order valence-corrected chi connectivity index (χ0v) is 16.5. The number of amidine groups is 1. The molecule has 0 bridgehead atoms. The molecule has 1 unspecified atom stereocenters. The second-order valence-corrected chi connectivity index (χ2v) is 6.73. The lowest BCUT2D eigenvalue weighted by molar-refractivity contribution is -0.310. The van der Waals surface area contributed by atoms with Crippen molar-refractivity contribution in [2.75, 3.05) is 19.7 Å². The number of carboxylic acid groups (broad SMARTS) is 1. The van der Waals surface area contributed by atoms with E-state index in [4.69, 9.17) is 15.9 Å². The zero-order chi connectivity index (χ0) is 20.0. The molecular formula is C19H25ClN3O5-. The lowest BCUT2D eigenvalue weighted by atomic mass is 9.96. The lowest BCUT2D eigenvalue weighted by Crippen LogP contribution is -2.44. The average Bonchev–Trinajstić information content (AvgIpc) is 2.66. The van der Waals surface area contributed by atoms with Crippen molar-refractivity contribution in [3.8, 4) is 0 Å². The van der Waals surface area contributed by atoms with Crippen LogP contribution < -0.4 is 10.8 Å². The number of ketones is 1. The number of likely N-dealkylation sites (tertiary alicyclic amines) is 1. The average molecular weight is 411 g/mol. The highest BCUT2D eigenvalue weighted by molar-refractivity contribution is 6.00. The number of carboxylic acids is 1. The number of benzene rings is 1. The Kier molecular flexibility index (Phi) is 9.08. The monoisotopic (exact) mass is 410 g/mol. The van der Waals surface area contributed by atoms with Crippen molar-refractivity contribution in [3.63, 3.8) is 0 Å². The number of rotatable bonds is 8. The topological polar surface area (TPSA) is 137 Å². The Labute approximate surface area is 170 Å². The highest BCUT2D eigenvalue weighted by atomic mass is 35.5. The lowest BCUT2D eigenvalue weighted by Gasteiger charge is -2.33. The number of nitrogens with two attached hydrogens (primary N) is 1. The smallest absolute Gasteiger partial charge is 0.225 e. The third-order valence-electron chi connectivity index (χ3n) is 4.62. The molecular weight excluding hydrogens is 386 g/mol. The fourth-order valence-corrected chi connectivity index (χ4v) is 3.06. The molecule has 0 saturated carbocycles. The molecule has 1 fully saturated rings. The highest BCUT2D eigenvalue weighted by Crippen LogP contribution is 2.19. The molecule has 8 nitrogen and oxygen atoms in total. The predicted octanol–water partition coefficient (Wildman–Crippen LogP) is 0.359. The van der Waals surface area contributed by atoms with Gasteiger partial charge in [0.2, 0.25) is 5.91 Å². The molecule has 28 heavy (non-hydrogen) atoms. The summed E-state index contributed by atoms with van der Waals surface area (Å²) in [6, 6.07) is 6.44. The van der Waals surface area contributed by atoms with E-state index >= 15 is 0 Å². The number of hydrogen-bond donors (Lipinski definition) is 2. The molecule has 1 atom stereocenters. The van der Waals surface area contributed by atoms with Gasteiger partial charge in [-0.25, -0.2) is 0 Å². The van der Waals surface area contributed by atoms with Crippen LogP contribution in [-0.4, -0.2) is 54.2 Å². The van der Waals surface area contributed by atoms with Crippen LogP contribution in [0.2, 0.25) is 0 Å².